The zero-order valence-electron chi connectivity index (χ0n) is 8.38. The Balaban J connectivity index is 2.36. The van der Waals surface area contributed by atoms with Crippen molar-refractivity contribution in [3.63, 3.8) is 0 Å². The van der Waals surface area contributed by atoms with Gasteiger partial charge in [-0.05, 0) is 30.5 Å². The maximum absolute atomic E-state index is 6.05. The van der Waals surface area contributed by atoms with Gasteiger partial charge >= 0.3 is 0 Å². The van der Waals surface area contributed by atoms with Gasteiger partial charge < -0.3 is 14.3 Å². The van der Waals surface area contributed by atoms with Gasteiger partial charge in [0.2, 0.25) is 6.79 Å². The third-order valence-electron chi connectivity index (χ3n) is 2.44. The lowest BCUT2D eigenvalue weighted by Gasteiger charge is -2.09. The molecule has 0 radical (unpaired) electrons. The van der Waals surface area contributed by atoms with Gasteiger partial charge in [0.1, 0.15) is 0 Å². The number of hydrogen-bond acceptors (Lipinski definition) is 4. The van der Waals surface area contributed by atoms with Crippen molar-refractivity contribution >= 4 is 11.6 Å². The maximum atomic E-state index is 6.05. The molecule has 0 bridgehead atoms. The molecule has 1 aromatic rings. The molecule has 0 saturated heterocycles. The van der Waals surface area contributed by atoms with Crippen molar-refractivity contribution in [3.05, 3.63) is 22.2 Å². The SMILES string of the molecule is Cc1c(CCON)cc(Cl)c2c1OCO2. The fourth-order valence-electron chi connectivity index (χ4n) is 1.64. The van der Waals surface area contributed by atoms with Crippen molar-refractivity contribution < 1.29 is 14.3 Å². The molecule has 1 aromatic carbocycles. The first-order chi connectivity index (χ1) is 7.24. The molecule has 82 valence electrons. The molecule has 15 heavy (non-hydrogen) atoms. The molecule has 1 heterocycles. The monoisotopic (exact) mass is 229 g/mol. The van der Waals surface area contributed by atoms with Gasteiger partial charge in [-0.25, -0.2) is 5.90 Å². The number of nitrogens with two attached hydrogens (primary N) is 1. The lowest BCUT2D eigenvalue weighted by molar-refractivity contribution is 0.141. The number of ether oxygens (including phenoxy) is 2. The molecule has 2 rings (SSSR count). The molecule has 0 aliphatic carbocycles. The fourth-order valence-corrected chi connectivity index (χ4v) is 1.91. The summed E-state index contributed by atoms with van der Waals surface area (Å²) in [6.07, 6.45) is 0.707. The van der Waals surface area contributed by atoms with Crippen LogP contribution in [0.15, 0.2) is 6.07 Å². The fraction of sp³-hybridized carbons (Fsp3) is 0.400. The van der Waals surface area contributed by atoms with E-state index in [0.717, 1.165) is 16.9 Å². The number of benzene rings is 1. The molecule has 0 aromatic heterocycles. The Morgan fingerprint density at radius 1 is 1.47 bits per heavy atom. The van der Waals surface area contributed by atoms with Gasteiger partial charge in [-0.1, -0.05) is 11.6 Å². The average Bonchev–Trinajstić information content (AvgIpc) is 2.70. The van der Waals surface area contributed by atoms with Gasteiger partial charge in [0.05, 0.1) is 11.6 Å². The molecule has 4 nitrogen and oxygen atoms in total. The minimum atomic E-state index is 0.229. The van der Waals surface area contributed by atoms with Crippen LogP contribution in [0.5, 0.6) is 11.5 Å². The number of hydrogen-bond donors (Lipinski definition) is 1. The third kappa shape index (κ3) is 1.88. The summed E-state index contributed by atoms with van der Waals surface area (Å²) in [5, 5.41) is 0.570. The standard InChI is InChI=1S/C10H12ClNO3/c1-6-7(2-3-15-12)4-8(11)10-9(6)13-5-14-10/h4H,2-3,5,12H2,1H3. The highest BCUT2D eigenvalue weighted by molar-refractivity contribution is 6.32. The molecular formula is C10H12ClNO3. The van der Waals surface area contributed by atoms with Crippen molar-refractivity contribution in [2.75, 3.05) is 13.4 Å². The van der Waals surface area contributed by atoms with E-state index in [0.29, 0.717) is 23.8 Å². The second-order valence-electron chi connectivity index (χ2n) is 3.33. The van der Waals surface area contributed by atoms with Crippen LogP contribution in [-0.2, 0) is 11.3 Å². The Kier molecular flexibility index (Phi) is 3.00. The lowest BCUT2D eigenvalue weighted by atomic mass is 10.0. The zero-order chi connectivity index (χ0) is 10.8. The van der Waals surface area contributed by atoms with Crippen LogP contribution in [0.3, 0.4) is 0 Å². The van der Waals surface area contributed by atoms with Gasteiger partial charge in [-0.3, -0.25) is 0 Å². The molecule has 1 aliphatic heterocycles. The highest BCUT2D eigenvalue weighted by atomic mass is 35.5. The van der Waals surface area contributed by atoms with Gasteiger partial charge in [0, 0.05) is 0 Å². The first kappa shape index (κ1) is 10.5. The van der Waals surface area contributed by atoms with Crippen molar-refractivity contribution in [1.82, 2.24) is 0 Å². The molecule has 0 atom stereocenters. The number of fused-ring (bicyclic) bond motifs is 1. The van der Waals surface area contributed by atoms with Crippen molar-refractivity contribution in [3.8, 4) is 11.5 Å². The van der Waals surface area contributed by atoms with E-state index in [2.05, 4.69) is 4.84 Å². The zero-order valence-corrected chi connectivity index (χ0v) is 9.13. The number of halogens is 1. The van der Waals surface area contributed by atoms with Gasteiger partial charge in [0.25, 0.3) is 0 Å². The Morgan fingerprint density at radius 3 is 2.93 bits per heavy atom. The van der Waals surface area contributed by atoms with Crippen LogP contribution in [0, 0.1) is 6.92 Å². The quantitative estimate of drug-likeness (QED) is 0.804. The topological polar surface area (TPSA) is 53.7 Å². The molecule has 0 spiro atoms. The van der Waals surface area contributed by atoms with Crippen LogP contribution in [0.1, 0.15) is 11.1 Å². The Hall–Kier alpha value is -0.970. The molecule has 1 aliphatic rings. The van der Waals surface area contributed by atoms with Gasteiger partial charge in [0.15, 0.2) is 11.5 Å². The van der Waals surface area contributed by atoms with Crippen molar-refractivity contribution in [1.29, 1.82) is 0 Å². The maximum Gasteiger partial charge on any atom is 0.231 e. The smallest absolute Gasteiger partial charge is 0.231 e. The second-order valence-corrected chi connectivity index (χ2v) is 3.74. The summed E-state index contributed by atoms with van der Waals surface area (Å²) in [5.74, 6) is 6.35. The first-order valence-electron chi connectivity index (χ1n) is 4.63. The minimum Gasteiger partial charge on any atom is -0.453 e. The van der Waals surface area contributed by atoms with Crippen molar-refractivity contribution in [2.24, 2.45) is 5.90 Å². The van der Waals surface area contributed by atoms with Crippen LogP contribution < -0.4 is 15.4 Å². The number of rotatable bonds is 3. The van der Waals surface area contributed by atoms with Gasteiger partial charge in [-0.2, -0.15) is 0 Å². The van der Waals surface area contributed by atoms with E-state index in [1.54, 1.807) is 0 Å². The largest absolute Gasteiger partial charge is 0.453 e. The van der Waals surface area contributed by atoms with Crippen LogP contribution in [0.4, 0.5) is 0 Å². The molecule has 0 fully saturated rings. The lowest BCUT2D eigenvalue weighted by Crippen LogP contribution is -2.05. The van der Waals surface area contributed by atoms with Crippen LogP contribution >= 0.6 is 11.6 Å². The molecule has 0 unspecified atom stereocenters. The van der Waals surface area contributed by atoms with Gasteiger partial charge in [-0.15, -0.1) is 0 Å². The summed E-state index contributed by atoms with van der Waals surface area (Å²) in [5.41, 5.74) is 2.10. The molecule has 0 saturated carbocycles. The predicted molar refractivity (Wildman–Crippen MR) is 56.2 cm³/mol. The van der Waals surface area contributed by atoms with E-state index >= 15 is 0 Å². The van der Waals surface area contributed by atoms with E-state index in [4.69, 9.17) is 27.0 Å². The van der Waals surface area contributed by atoms with Crippen LogP contribution in [0.2, 0.25) is 5.02 Å². The second kappa shape index (κ2) is 4.26. The van der Waals surface area contributed by atoms with Crippen LogP contribution in [-0.4, -0.2) is 13.4 Å². The molecule has 5 heteroatoms. The Bertz CT molecular complexity index is 381. The summed E-state index contributed by atoms with van der Waals surface area (Å²) in [7, 11) is 0. The van der Waals surface area contributed by atoms with E-state index in [1.165, 1.54) is 0 Å². The molecule has 2 N–H and O–H groups in total. The van der Waals surface area contributed by atoms with E-state index in [1.807, 2.05) is 13.0 Å². The minimum absolute atomic E-state index is 0.229. The highest BCUT2D eigenvalue weighted by Gasteiger charge is 2.21. The van der Waals surface area contributed by atoms with Crippen molar-refractivity contribution in [2.45, 2.75) is 13.3 Å². The van der Waals surface area contributed by atoms with E-state index in [9.17, 15) is 0 Å². The summed E-state index contributed by atoms with van der Waals surface area (Å²) in [4.78, 5) is 4.54. The summed E-state index contributed by atoms with van der Waals surface area (Å²) < 4.78 is 10.6. The van der Waals surface area contributed by atoms with E-state index in [-0.39, 0.29) is 6.79 Å². The predicted octanol–water partition coefficient (Wildman–Crippen LogP) is 1.81. The summed E-state index contributed by atoms with van der Waals surface area (Å²) in [6.45, 7) is 2.65. The average molecular weight is 230 g/mol. The summed E-state index contributed by atoms with van der Waals surface area (Å²) >= 11 is 6.05. The molecular weight excluding hydrogens is 218 g/mol. The van der Waals surface area contributed by atoms with Crippen LogP contribution in [0.25, 0.3) is 0 Å². The first-order valence-corrected chi connectivity index (χ1v) is 5.01. The Labute approximate surface area is 92.8 Å². The third-order valence-corrected chi connectivity index (χ3v) is 2.72. The normalized spacial score (nSPS) is 13.3. The highest BCUT2D eigenvalue weighted by Crippen LogP contribution is 2.43. The van der Waals surface area contributed by atoms with E-state index < -0.39 is 0 Å². The Morgan fingerprint density at radius 2 is 2.20 bits per heavy atom. The summed E-state index contributed by atoms with van der Waals surface area (Å²) in [6, 6.07) is 1.86. The molecule has 0 amide bonds.